The Morgan fingerprint density at radius 3 is 2.19 bits per heavy atom. The van der Waals surface area contributed by atoms with Crippen LogP contribution in [-0.2, 0) is 27.3 Å². The van der Waals surface area contributed by atoms with Crippen molar-refractivity contribution in [2.75, 3.05) is 0 Å². The molecule has 43 heavy (non-hydrogen) atoms. The minimum atomic E-state index is -2.11. The first-order valence-electron chi connectivity index (χ1n) is 15.3. The maximum Gasteiger partial charge on any atom is -1.00 e. The molecular formula is C39H35Cl2SiZr. The Kier molecular flexibility index (Phi) is 8.62. The number of hydrogen-bond donors (Lipinski definition) is 0. The Morgan fingerprint density at radius 1 is 0.721 bits per heavy atom. The van der Waals surface area contributed by atoms with Crippen molar-refractivity contribution in [2.24, 2.45) is 0 Å². The molecule has 0 spiro atoms. The van der Waals surface area contributed by atoms with E-state index in [1.54, 1.807) is 35.9 Å². The molecule has 2 heterocycles. The van der Waals surface area contributed by atoms with Gasteiger partial charge in [0.1, 0.15) is 0 Å². The summed E-state index contributed by atoms with van der Waals surface area (Å²) in [6.07, 6.45) is 4.93. The predicted molar refractivity (Wildman–Crippen MR) is 175 cm³/mol. The van der Waals surface area contributed by atoms with Gasteiger partial charge in [-0.25, -0.2) is 0 Å². The fourth-order valence-electron chi connectivity index (χ4n) is 7.97. The van der Waals surface area contributed by atoms with Gasteiger partial charge in [0.2, 0.25) is 0 Å². The molecule has 5 aromatic carbocycles. The van der Waals surface area contributed by atoms with Gasteiger partial charge in [-0.3, -0.25) is 0 Å². The Bertz CT molecular complexity index is 1860. The van der Waals surface area contributed by atoms with Crippen LogP contribution in [0.2, 0.25) is 0 Å². The van der Waals surface area contributed by atoms with Crippen molar-refractivity contribution < 1.29 is 45.7 Å². The number of rotatable bonds is 6. The van der Waals surface area contributed by atoms with Crippen molar-refractivity contribution in [3.8, 4) is 22.3 Å². The summed E-state index contributed by atoms with van der Waals surface area (Å²) < 4.78 is 2.39. The van der Waals surface area contributed by atoms with Crippen LogP contribution in [0, 0.1) is 0 Å². The number of aryl methyl sites for hydroxylation is 1. The monoisotopic (exact) mass is 691 g/mol. The molecule has 0 amide bonds. The van der Waals surface area contributed by atoms with E-state index in [1.807, 2.05) is 0 Å². The minimum absolute atomic E-state index is 0. The summed E-state index contributed by atoms with van der Waals surface area (Å²) in [6, 6.07) is 42.4. The maximum atomic E-state index is 2.64. The molecule has 1 aliphatic carbocycles. The van der Waals surface area contributed by atoms with Crippen LogP contribution in [0.15, 0.2) is 109 Å². The van der Waals surface area contributed by atoms with Crippen molar-refractivity contribution >= 4 is 31.2 Å². The Morgan fingerprint density at radius 2 is 1.42 bits per heavy atom. The summed E-state index contributed by atoms with van der Waals surface area (Å²) >= 11 is -2.11. The van der Waals surface area contributed by atoms with Crippen LogP contribution >= 0.6 is 0 Å². The van der Waals surface area contributed by atoms with Gasteiger partial charge in [0.15, 0.2) is 0 Å². The molecule has 2 atom stereocenters. The van der Waals surface area contributed by atoms with Crippen molar-refractivity contribution in [3.05, 3.63) is 137 Å². The van der Waals surface area contributed by atoms with E-state index in [4.69, 9.17) is 0 Å². The van der Waals surface area contributed by atoms with Crippen LogP contribution in [-0.4, -0.2) is 5.92 Å². The molecule has 213 valence electrons. The van der Waals surface area contributed by atoms with Crippen LogP contribution < -0.4 is 38.5 Å². The van der Waals surface area contributed by atoms with Gasteiger partial charge >= 0.3 is 255 Å². The summed E-state index contributed by atoms with van der Waals surface area (Å²) in [7, 11) is 0. The summed E-state index contributed by atoms with van der Waals surface area (Å²) in [5.41, 5.74) is 15.2. The molecule has 0 aromatic heterocycles. The van der Waals surface area contributed by atoms with Crippen molar-refractivity contribution in [3.63, 3.8) is 0 Å². The van der Waals surface area contributed by atoms with Crippen molar-refractivity contribution in [2.45, 2.75) is 43.2 Å². The Hall–Kier alpha value is -2.48. The van der Waals surface area contributed by atoms with Gasteiger partial charge in [0.05, 0.1) is 0 Å². The molecule has 0 bridgehead atoms. The first-order chi connectivity index (χ1) is 20.2. The third kappa shape index (κ3) is 4.64. The van der Waals surface area contributed by atoms with Gasteiger partial charge in [-0.1, -0.05) is 0 Å². The molecule has 2 unspecified atom stereocenters. The average Bonchev–Trinajstić information content (AvgIpc) is 3.53. The standard InChI is InChI=1S/C27H27.C12H8Si.2ClH.Zr/c1-4-10-21-15-16-22-17-23(20-11-6-5-7-12-20)18-26(22)27(21)25-14-9-8-13-24(25)19(2)3;1-3-7-11-9(5-1)10-6-2-4-8-12(10)13-11;;;/h5-9,11-19H,4,10H2,1-3H3;1-7,13H;2*1H;/q;;;;+2/p-2. The van der Waals surface area contributed by atoms with Gasteiger partial charge in [-0.2, -0.15) is 0 Å². The summed E-state index contributed by atoms with van der Waals surface area (Å²) in [5.74, 6) is -0.667. The molecule has 0 fully saturated rings. The third-order valence-corrected chi connectivity index (χ3v) is 31.8. The Labute approximate surface area is 277 Å². The smallest absolute Gasteiger partial charge is 1.00 e. The van der Waals surface area contributed by atoms with Crippen LogP contribution in [0.1, 0.15) is 64.6 Å². The first kappa shape index (κ1) is 30.5. The van der Waals surface area contributed by atoms with Crippen molar-refractivity contribution in [1.29, 1.82) is 0 Å². The summed E-state index contributed by atoms with van der Waals surface area (Å²) in [4.78, 5) is 0. The fourth-order valence-corrected chi connectivity index (χ4v) is 33.9. The van der Waals surface area contributed by atoms with Gasteiger partial charge in [0.25, 0.3) is 0 Å². The predicted octanol–water partition coefficient (Wildman–Crippen LogP) is 1.81. The van der Waals surface area contributed by atoms with Crippen LogP contribution in [0.25, 0.3) is 33.9 Å². The molecule has 8 rings (SSSR count). The van der Waals surface area contributed by atoms with E-state index in [9.17, 15) is 0 Å². The largest absolute Gasteiger partial charge is 1.00 e. The normalized spacial score (nSPS) is 16.8. The van der Waals surface area contributed by atoms with E-state index < -0.39 is 26.8 Å². The molecule has 3 aliphatic rings. The van der Waals surface area contributed by atoms with E-state index in [1.165, 1.54) is 33.4 Å². The zero-order chi connectivity index (χ0) is 27.7. The minimum Gasteiger partial charge on any atom is -1.00 e. The van der Waals surface area contributed by atoms with E-state index in [-0.39, 0.29) is 24.8 Å². The van der Waals surface area contributed by atoms with E-state index in [2.05, 4.69) is 136 Å². The fraction of sp³-hybridized carbons (Fsp3) is 0.179. The van der Waals surface area contributed by atoms with E-state index in [0.717, 1.165) is 12.8 Å². The van der Waals surface area contributed by atoms with E-state index >= 15 is 0 Å². The summed E-state index contributed by atoms with van der Waals surface area (Å²) in [5, 5.41) is 3.54. The molecule has 0 radical (unpaired) electrons. The number of benzene rings is 5. The Balaban J connectivity index is 0.00000165. The van der Waals surface area contributed by atoms with Gasteiger partial charge < -0.3 is 24.8 Å². The van der Waals surface area contributed by atoms with Crippen LogP contribution in [0.3, 0.4) is 0 Å². The van der Waals surface area contributed by atoms with Gasteiger partial charge in [-0.15, -0.1) is 0 Å². The molecule has 0 saturated carbocycles. The number of halogens is 2. The zero-order valence-corrected chi connectivity index (χ0v) is 30.0. The van der Waals surface area contributed by atoms with Gasteiger partial charge in [-0.05, 0) is 0 Å². The molecular weight excluding hydrogens is 659 g/mol. The SMILES string of the molecule is CCCc1ccc2c(c1-c1ccccc1C(C)C)C=C(c1ccccc1)[CH]2[Zr+2]1[c]2cccc3c2[SiH]1c1ccccc1-3.[Cl-].[Cl-]. The molecule has 2 aliphatic heterocycles. The molecule has 4 heteroatoms. The topological polar surface area (TPSA) is 0 Å². The van der Waals surface area contributed by atoms with Crippen LogP contribution in [0.5, 0.6) is 0 Å². The first-order valence-corrected chi connectivity index (χ1v) is 23.9. The maximum absolute atomic E-state index is 2.64. The summed E-state index contributed by atoms with van der Waals surface area (Å²) in [6.45, 7) is 7.01. The molecule has 0 saturated heterocycles. The zero-order valence-electron chi connectivity index (χ0n) is 24.9. The van der Waals surface area contributed by atoms with E-state index in [0.29, 0.717) is 9.54 Å². The van der Waals surface area contributed by atoms with Crippen molar-refractivity contribution in [1.82, 2.24) is 0 Å². The molecule has 0 nitrogen and oxygen atoms in total. The van der Waals surface area contributed by atoms with Crippen LogP contribution in [0.4, 0.5) is 0 Å². The third-order valence-electron chi connectivity index (χ3n) is 9.66. The second kappa shape index (κ2) is 12.1. The second-order valence-corrected chi connectivity index (χ2v) is 27.2. The second-order valence-electron chi connectivity index (χ2n) is 12.2. The quantitative estimate of drug-likeness (QED) is 0.239. The average molecular weight is 694 g/mol. The van der Waals surface area contributed by atoms with Gasteiger partial charge in [0, 0.05) is 0 Å². The molecule has 5 aromatic rings. The number of allylic oxidation sites excluding steroid dienone is 1. The number of fused-ring (bicyclic) bond motifs is 4. The number of hydrogen-bond acceptors (Lipinski definition) is 0. The molecule has 0 N–H and O–H groups in total.